The van der Waals surface area contributed by atoms with Crippen LogP contribution in [0.3, 0.4) is 0 Å². The molecule has 0 saturated carbocycles. The number of pyridine rings is 1. The number of nitrogens with two attached hydrogens (primary N) is 1. The van der Waals surface area contributed by atoms with Gasteiger partial charge in [-0.15, -0.1) is 0 Å². The number of amides is 1. The van der Waals surface area contributed by atoms with Crippen LogP contribution in [0.4, 0.5) is 14.5 Å². The molecule has 10 heteroatoms. The van der Waals surface area contributed by atoms with Crippen molar-refractivity contribution in [3.05, 3.63) is 77.5 Å². The summed E-state index contributed by atoms with van der Waals surface area (Å²) in [5.41, 5.74) is 11.1. The number of rotatable bonds is 9. The Hall–Kier alpha value is -3.89. The van der Waals surface area contributed by atoms with E-state index in [1.54, 1.807) is 28.9 Å². The summed E-state index contributed by atoms with van der Waals surface area (Å²) in [5.74, 6) is -0.476. The third kappa shape index (κ3) is 5.03. The Morgan fingerprint density at radius 3 is 3.05 bits per heavy atom. The van der Waals surface area contributed by atoms with Crippen LogP contribution in [0.25, 0.3) is 16.9 Å². The number of alkyl halides is 1. The molecule has 3 aromatic rings. The molecule has 0 spiro atoms. The lowest BCUT2D eigenvalue weighted by Gasteiger charge is -2.18. The number of carbonyl (C=O) groups excluding carboxylic acids is 1. The van der Waals surface area contributed by atoms with Crippen molar-refractivity contribution in [3.63, 3.8) is 0 Å². The number of hydrogen-bond acceptors (Lipinski definition) is 6. The molecule has 5 rings (SSSR count). The average molecular weight is 507 g/mol. The lowest BCUT2D eigenvalue weighted by molar-refractivity contribution is 0.0966. The number of fused-ring (bicyclic) bond motifs is 2. The number of imidazole rings is 1. The van der Waals surface area contributed by atoms with Crippen molar-refractivity contribution in [1.29, 1.82) is 0 Å². The first-order valence-electron chi connectivity index (χ1n) is 12.2. The molecule has 192 valence electrons. The molecule has 1 amide bonds. The highest BCUT2D eigenvalue weighted by molar-refractivity contribution is 6.08. The molecule has 0 aliphatic carbocycles. The molecular weight excluding hydrogens is 478 g/mol. The minimum atomic E-state index is -0.503. The highest BCUT2D eigenvalue weighted by Crippen LogP contribution is 2.36. The van der Waals surface area contributed by atoms with Crippen LogP contribution in [0.1, 0.15) is 22.3 Å². The molecule has 2 aliphatic heterocycles. The van der Waals surface area contributed by atoms with E-state index >= 15 is 0 Å². The van der Waals surface area contributed by atoms with Crippen molar-refractivity contribution in [1.82, 2.24) is 20.0 Å². The summed E-state index contributed by atoms with van der Waals surface area (Å²) in [4.78, 5) is 22.2. The van der Waals surface area contributed by atoms with Crippen molar-refractivity contribution in [2.75, 3.05) is 33.0 Å². The van der Waals surface area contributed by atoms with Gasteiger partial charge in [0.2, 0.25) is 0 Å². The minimum Gasteiger partial charge on any atom is -0.405 e. The van der Waals surface area contributed by atoms with Crippen molar-refractivity contribution < 1.29 is 18.3 Å². The maximum Gasteiger partial charge on any atom is 0.254 e. The zero-order valence-electron chi connectivity index (χ0n) is 20.2. The fraction of sp³-hybridized carbons (Fsp3) is 0.296. The molecule has 2 aliphatic rings. The summed E-state index contributed by atoms with van der Waals surface area (Å²) in [5, 5.41) is 5.99. The first-order valence-corrected chi connectivity index (χ1v) is 12.2. The standard InChI is InChI=1S/C27H28F2N6O2/c28-7-9-31-14-23(19(2-1-8-30)17-6-11-37-16-17)34-22-4-3-20(21-13-33-27(36)26(21)22)24-15-32-25-12-18(29)5-10-35(24)25/h1-5,8,10,12,15,17,31H,6-7,9,11,13-14,16,30H2,(H,33,36)/b8-1+,19-2-,34-23?. The van der Waals surface area contributed by atoms with Crippen LogP contribution in [-0.2, 0) is 11.3 Å². The third-order valence-electron chi connectivity index (χ3n) is 6.60. The van der Waals surface area contributed by atoms with Gasteiger partial charge in [0.25, 0.3) is 5.91 Å². The Labute approximate surface area is 212 Å². The van der Waals surface area contributed by atoms with Crippen LogP contribution < -0.4 is 16.4 Å². The number of hydrogen-bond donors (Lipinski definition) is 3. The normalized spacial score (nSPS) is 18.2. The van der Waals surface area contributed by atoms with Gasteiger partial charge in [0, 0.05) is 50.0 Å². The number of aliphatic imine (C=N–C) groups is 1. The Bertz CT molecular complexity index is 1410. The highest BCUT2D eigenvalue weighted by Gasteiger charge is 2.28. The molecule has 1 saturated heterocycles. The Morgan fingerprint density at radius 2 is 2.27 bits per heavy atom. The molecule has 1 aromatic carbocycles. The smallest absolute Gasteiger partial charge is 0.254 e. The van der Waals surface area contributed by atoms with Gasteiger partial charge < -0.3 is 21.1 Å². The van der Waals surface area contributed by atoms with E-state index in [2.05, 4.69) is 15.6 Å². The fourth-order valence-electron chi connectivity index (χ4n) is 4.85. The van der Waals surface area contributed by atoms with Crippen molar-refractivity contribution in [2.24, 2.45) is 16.6 Å². The number of benzene rings is 1. The van der Waals surface area contributed by atoms with E-state index in [-0.39, 0.29) is 24.2 Å². The molecule has 1 atom stereocenters. The first kappa shape index (κ1) is 24.8. The van der Waals surface area contributed by atoms with Gasteiger partial charge >= 0.3 is 0 Å². The molecule has 2 aromatic heterocycles. The number of allylic oxidation sites excluding steroid dienone is 2. The Balaban J connectivity index is 1.61. The summed E-state index contributed by atoms with van der Waals surface area (Å²) in [6.45, 7) is 1.55. The van der Waals surface area contributed by atoms with E-state index in [9.17, 15) is 13.6 Å². The maximum absolute atomic E-state index is 13.7. The molecule has 37 heavy (non-hydrogen) atoms. The van der Waals surface area contributed by atoms with E-state index < -0.39 is 6.67 Å². The molecule has 1 unspecified atom stereocenters. The van der Waals surface area contributed by atoms with Gasteiger partial charge in [-0.25, -0.2) is 13.8 Å². The lowest BCUT2D eigenvalue weighted by atomic mass is 9.93. The van der Waals surface area contributed by atoms with Gasteiger partial charge in [-0.1, -0.05) is 12.1 Å². The van der Waals surface area contributed by atoms with Gasteiger partial charge in [-0.3, -0.25) is 14.2 Å². The average Bonchev–Trinajstić information content (AvgIpc) is 3.65. The predicted molar refractivity (Wildman–Crippen MR) is 138 cm³/mol. The SMILES string of the molecule is N/C=C/C=C(\C(CNCCF)=Nc1ccc(-c2cnc3cc(F)ccn23)c2c1C(=O)NC2)C1CCOC1. The predicted octanol–water partition coefficient (Wildman–Crippen LogP) is 3.45. The molecule has 4 N–H and O–H groups in total. The van der Waals surface area contributed by atoms with E-state index in [0.717, 1.165) is 28.8 Å². The molecule has 0 bridgehead atoms. The van der Waals surface area contributed by atoms with Gasteiger partial charge in [0.15, 0.2) is 0 Å². The third-order valence-corrected chi connectivity index (χ3v) is 6.60. The Morgan fingerprint density at radius 1 is 1.38 bits per heavy atom. The minimum absolute atomic E-state index is 0.113. The molecule has 8 nitrogen and oxygen atoms in total. The van der Waals surface area contributed by atoms with Crippen LogP contribution >= 0.6 is 0 Å². The van der Waals surface area contributed by atoms with E-state index in [1.807, 2.05) is 12.1 Å². The van der Waals surface area contributed by atoms with Crippen LogP contribution in [0.15, 0.2) is 65.6 Å². The van der Waals surface area contributed by atoms with Gasteiger partial charge in [-0.2, -0.15) is 0 Å². The maximum atomic E-state index is 13.7. The van der Waals surface area contributed by atoms with Crippen LogP contribution in [0.5, 0.6) is 0 Å². The zero-order valence-corrected chi connectivity index (χ0v) is 20.2. The Kier molecular flexibility index (Phi) is 7.38. The van der Waals surface area contributed by atoms with Gasteiger partial charge in [0.05, 0.1) is 35.5 Å². The molecule has 0 radical (unpaired) electrons. The van der Waals surface area contributed by atoms with Crippen molar-refractivity contribution in [2.45, 2.75) is 13.0 Å². The second-order valence-corrected chi connectivity index (χ2v) is 8.88. The quantitative estimate of drug-likeness (QED) is 0.234. The second-order valence-electron chi connectivity index (χ2n) is 8.88. The number of carbonyl (C=O) groups is 1. The summed E-state index contributed by atoms with van der Waals surface area (Å²) in [6.07, 6.45) is 9.22. The van der Waals surface area contributed by atoms with Crippen molar-refractivity contribution >= 4 is 23.0 Å². The number of nitrogens with zero attached hydrogens (tertiary/aromatic N) is 3. The van der Waals surface area contributed by atoms with Crippen molar-refractivity contribution in [3.8, 4) is 11.3 Å². The number of aromatic nitrogens is 2. The number of halogens is 2. The largest absolute Gasteiger partial charge is 0.405 e. The second kappa shape index (κ2) is 11.0. The van der Waals surface area contributed by atoms with Gasteiger partial charge in [-0.05, 0) is 42.0 Å². The summed E-state index contributed by atoms with van der Waals surface area (Å²) in [6, 6.07) is 6.43. The van der Waals surface area contributed by atoms with Crippen LogP contribution in [0.2, 0.25) is 0 Å². The molecular formula is C27H28F2N6O2. The van der Waals surface area contributed by atoms with E-state index in [1.165, 1.54) is 18.3 Å². The lowest BCUT2D eigenvalue weighted by Crippen LogP contribution is -2.28. The summed E-state index contributed by atoms with van der Waals surface area (Å²) in [7, 11) is 0. The van der Waals surface area contributed by atoms with Crippen LogP contribution in [-0.4, -0.2) is 54.0 Å². The summed E-state index contributed by atoms with van der Waals surface area (Å²) < 4.78 is 34.0. The molecule has 1 fully saturated rings. The first-order chi connectivity index (χ1) is 18.1. The highest BCUT2D eigenvalue weighted by atomic mass is 19.1. The van der Waals surface area contributed by atoms with Gasteiger partial charge in [0.1, 0.15) is 18.1 Å². The fourth-order valence-corrected chi connectivity index (χ4v) is 4.85. The van der Waals surface area contributed by atoms with Crippen LogP contribution in [0, 0.1) is 11.7 Å². The molecule has 4 heterocycles. The summed E-state index contributed by atoms with van der Waals surface area (Å²) >= 11 is 0. The number of nitrogens with one attached hydrogen (secondary N) is 2. The zero-order chi connectivity index (χ0) is 25.8. The van der Waals surface area contributed by atoms with E-state index in [0.29, 0.717) is 48.9 Å². The van der Waals surface area contributed by atoms with E-state index in [4.69, 9.17) is 15.5 Å². The monoisotopic (exact) mass is 506 g/mol. The number of ether oxygens (including phenoxy) is 1. The topological polar surface area (TPSA) is 106 Å².